The Labute approximate surface area is 159 Å². The summed E-state index contributed by atoms with van der Waals surface area (Å²) in [6, 6.07) is 3.36. The molecule has 1 saturated heterocycles. The van der Waals surface area contributed by atoms with Gasteiger partial charge in [0.15, 0.2) is 0 Å². The van der Waals surface area contributed by atoms with Crippen LogP contribution in [0.1, 0.15) is 44.1 Å². The van der Waals surface area contributed by atoms with Gasteiger partial charge in [-0.25, -0.2) is 9.78 Å². The van der Waals surface area contributed by atoms with Crippen molar-refractivity contribution in [3.05, 3.63) is 23.9 Å². The van der Waals surface area contributed by atoms with Gasteiger partial charge < -0.3 is 15.5 Å². The average Bonchev–Trinajstić information content (AvgIpc) is 2.88. The van der Waals surface area contributed by atoms with Gasteiger partial charge in [0.25, 0.3) is 5.91 Å². The lowest BCUT2D eigenvalue weighted by atomic mass is 9.82. The second-order valence-electron chi connectivity index (χ2n) is 7.44. The molecular weight excluding hydrogens is 346 g/mol. The maximum Gasteiger partial charge on any atom is 0.325 e. The van der Waals surface area contributed by atoms with Crippen LogP contribution in [-0.4, -0.2) is 53.9 Å². The minimum atomic E-state index is -0.734. The van der Waals surface area contributed by atoms with Crippen molar-refractivity contribution >= 4 is 23.7 Å². The number of nitrogens with one attached hydrogen (secondary N) is 2. The zero-order valence-corrected chi connectivity index (χ0v) is 16.0. The van der Waals surface area contributed by atoms with E-state index in [4.69, 9.17) is 0 Å². The van der Waals surface area contributed by atoms with Gasteiger partial charge in [0.2, 0.25) is 5.91 Å². The largest absolute Gasteiger partial charge is 0.362 e. The molecule has 0 bridgehead atoms. The number of pyridine rings is 1. The summed E-state index contributed by atoms with van der Waals surface area (Å²) in [5.74, 6) is 0.419. The zero-order chi connectivity index (χ0) is 19.4. The summed E-state index contributed by atoms with van der Waals surface area (Å²) in [6.45, 7) is 0.454. The molecule has 2 fully saturated rings. The number of imide groups is 1. The van der Waals surface area contributed by atoms with Crippen molar-refractivity contribution in [1.29, 1.82) is 0 Å². The molecule has 0 atom stereocenters. The van der Waals surface area contributed by atoms with E-state index in [2.05, 4.69) is 15.6 Å². The number of carbonyl (C=O) groups excluding carboxylic acids is 3. The molecule has 2 heterocycles. The van der Waals surface area contributed by atoms with Crippen LogP contribution < -0.4 is 15.5 Å². The summed E-state index contributed by atoms with van der Waals surface area (Å²) in [7, 11) is 3.79. The Kier molecular flexibility index (Phi) is 5.62. The first-order valence-electron chi connectivity index (χ1n) is 9.45. The summed E-state index contributed by atoms with van der Waals surface area (Å²) in [4.78, 5) is 44.5. The van der Waals surface area contributed by atoms with E-state index in [9.17, 15) is 14.4 Å². The summed E-state index contributed by atoms with van der Waals surface area (Å²) in [6.07, 6.45) is 6.16. The van der Waals surface area contributed by atoms with Crippen LogP contribution in [0.5, 0.6) is 0 Å². The van der Waals surface area contributed by atoms with E-state index >= 15 is 0 Å². The SMILES string of the molecule is CN(C)c1ncccc1CNC(=O)CCN1C(=O)NC2(CCCCC2)C1=O. The van der Waals surface area contributed by atoms with Crippen LogP contribution in [0.15, 0.2) is 18.3 Å². The number of amides is 4. The number of nitrogens with zero attached hydrogens (tertiary/aromatic N) is 3. The van der Waals surface area contributed by atoms with Gasteiger partial charge in [-0.05, 0) is 18.9 Å². The van der Waals surface area contributed by atoms with Crippen LogP contribution in [0.2, 0.25) is 0 Å². The first kappa shape index (κ1) is 19.1. The molecule has 2 aliphatic rings. The van der Waals surface area contributed by atoms with Crippen LogP contribution in [0, 0.1) is 0 Å². The Morgan fingerprint density at radius 3 is 2.74 bits per heavy atom. The third-order valence-electron chi connectivity index (χ3n) is 5.28. The fourth-order valence-corrected chi connectivity index (χ4v) is 3.84. The van der Waals surface area contributed by atoms with Gasteiger partial charge in [-0.2, -0.15) is 0 Å². The molecular formula is C19H27N5O3. The number of carbonyl (C=O) groups is 3. The quantitative estimate of drug-likeness (QED) is 0.735. The monoisotopic (exact) mass is 373 g/mol. The molecule has 8 nitrogen and oxygen atoms in total. The highest BCUT2D eigenvalue weighted by atomic mass is 16.2. The summed E-state index contributed by atoms with van der Waals surface area (Å²) in [5.41, 5.74) is 0.175. The van der Waals surface area contributed by atoms with E-state index in [0.29, 0.717) is 19.4 Å². The third-order valence-corrected chi connectivity index (χ3v) is 5.28. The Balaban J connectivity index is 1.52. The molecule has 27 heavy (non-hydrogen) atoms. The number of hydrogen-bond donors (Lipinski definition) is 2. The Hall–Kier alpha value is -2.64. The molecule has 3 rings (SSSR count). The van der Waals surface area contributed by atoms with E-state index in [1.165, 1.54) is 4.90 Å². The highest BCUT2D eigenvalue weighted by Gasteiger charge is 2.50. The Bertz CT molecular complexity index is 728. The standard InChI is InChI=1S/C19H27N5O3/c1-23(2)16-14(7-6-11-20-16)13-21-15(25)8-12-24-17(26)19(22-18(24)27)9-4-3-5-10-19/h6-7,11H,3-5,8-10,12-13H2,1-2H3,(H,21,25)(H,22,27). The Morgan fingerprint density at radius 2 is 2.04 bits per heavy atom. The van der Waals surface area contributed by atoms with Crippen molar-refractivity contribution < 1.29 is 14.4 Å². The molecule has 1 aromatic rings. The van der Waals surface area contributed by atoms with Gasteiger partial charge in [0, 0.05) is 45.4 Å². The average molecular weight is 373 g/mol. The number of urea groups is 1. The first-order chi connectivity index (χ1) is 12.9. The van der Waals surface area contributed by atoms with Gasteiger partial charge in [0.05, 0.1) is 0 Å². The van der Waals surface area contributed by atoms with Crippen LogP contribution in [0.4, 0.5) is 10.6 Å². The molecule has 4 amide bonds. The van der Waals surface area contributed by atoms with E-state index in [0.717, 1.165) is 30.6 Å². The second kappa shape index (κ2) is 7.94. The van der Waals surface area contributed by atoms with Crippen molar-refractivity contribution in [2.45, 2.75) is 50.6 Å². The first-order valence-corrected chi connectivity index (χ1v) is 9.45. The fourth-order valence-electron chi connectivity index (χ4n) is 3.84. The molecule has 0 aromatic carbocycles. The summed E-state index contributed by atoms with van der Waals surface area (Å²) >= 11 is 0. The molecule has 1 aromatic heterocycles. The van der Waals surface area contributed by atoms with Crippen molar-refractivity contribution in [3.63, 3.8) is 0 Å². The number of anilines is 1. The van der Waals surface area contributed by atoms with Gasteiger partial charge in [-0.15, -0.1) is 0 Å². The maximum absolute atomic E-state index is 12.7. The summed E-state index contributed by atoms with van der Waals surface area (Å²) < 4.78 is 0. The van der Waals surface area contributed by atoms with E-state index in [1.807, 2.05) is 31.1 Å². The topological polar surface area (TPSA) is 94.6 Å². The minimum Gasteiger partial charge on any atom is -0.362 e. The lowest BCUT2D eigenvalue weighted by Gasteiger charge is -2.30. The van der Waals surface area contributed by atoms with Crippen LogP contribution in [0.3, 0.4) is 0 Å². The highest BCUT2D eigenvalue weighted by Crippen LogP contribution is 2.33. The molecule has 8 heteroatoms. The predicted molar refractivity (Wildman–Crippen MR) is 101 cm³/mol. The van der Waals surface area contributed by atoms with Crippen molar-refractivity contribution in [3.8, 4) is 0 Å². The summed E-state index contributed by atoms with van der Waals surface area (Å²) in [5, 5.41) is 5.71. The van der Waals surface area contributed by atoms with Gasteiger partial charge in [0.1, 0.15) is 11.4 Å². The lowest BCUT2D eigenvalue weighted by molar-refractivity contribution is -0.132. The van der Waals surface area contributed by atoms with E-state index in [-0.39, 0.29) is 30.8 Å². The smallest absolute Gasteiger partial charge is 0.325 e. The third kappa shape index (κ3) is 4.04. The molecule has 1 aliphatic carbocycles. The van der Waals surface area contributed by atoms with Crippen LogP contribution in [0.25, 0.3) is 0 Å². The highest BCUT2D eigenvalue weighted by molar-refractivity contribution is 6.07. The van der Waals surface area contributed by atoms with E-state index < -0.39 is 5.54 Å². The molecule has 1 aliphatic heterocycles. The molecule has 1 saturated carbocycles. The van der Waals surface area contributed by atoms with E-state index in [1.54, 1.807) is 6.20 Å². The lowest BCUT2D eigenvalue weighted by Crippen LogP contribution is -2.48. The molecule has 146 valence electrons. The number of rotatable bonds is 6. The van der Waals surface area contributed by atoms with Crippen molar-refractivity contribution in [2.24, 2.45) is 0 Å². The zero-order valence-electron chi connectivity index (χ0n) is 16.0. The Morgan fingerprint density at radius 1 is 1.30 bits per heavy atom. The predicted octanol–water partition coefficient (Wildman–Crippen LogP) is 1.41. The van der Waals surface area contributed by atoms with Crippen molar-refractivity contribution in [2.75, 3.05) is 25.5 Å². The second-order valence-corrected chi connectivity index (χ2v) is 7.44. The normalized spacial score (nSPS) is 18.5. The molecule has 0 unspecified atom stereocenters. The maximum atomic E-state index is 12.7. The number of aromatic nitrogens is 1. The molecule has 2 N–H and O–H groups in total. The van der Waals surface area contributed by atoms with Crippen molar-refractivity contribution in [1.82, 2.24) is 20.5 Å². The van der Waals surface area contributed by atoms with Gasteiger partial charge >= 0.3 is 6.03 Å². The van der Waals surface area contributed by atoms with Crippen LogP contribution in [-0.2, 0) is 16.1 Å². The fraction of sp³-hybridized carbons (Fsp3) is 0.579. The van der Waals surface area contributed by atoms with Gasteiger partial charge in [-0.1, -0.05) is 25.3 Å². The molecule has 0 radical (unpaired) electrons. The van der Waals surface area contributed by atoms with Gasteiger partial charge in [-0.3, -0.25) is 14.5 Å². The number of hydrogen-bond acceptors (Lipinski definition) is 5. The molecule has 1 spiro atoms. The van der Waals surface area contributed by atoms with Crippen LogP contribution >= 0.6 is 0 Å². The minimum absolute atomic E-state index is 0.0901.